The number of piperidine rings is 1. The number of ether oxygens (including phenoxy) is 1. The third-order valence-corrected chi connectivity index (χ3v) is 7.13. The quantitative estimate of drug-likeness (QED) is 0.479. The first-order valence-electron chi connectivity index (χ1n) is 12.6. The SMILES string of the molecule is Cn1cc([C@@H]2C[C@H]2C(=O)Nc2cccc(-c3ccc(O[C@H]4CCN(C(=O)CO)CC4(F)F)c(C#N)c3)c2)cn1. The Morgan fingerprint density at radius 1 is 1.26 bits per heavy atom. The summed E-state index contributed by atoms with van der Waals surface area (Å²) in [6.45, 7) is -1.68. The van der Waals surface area contributed by atoms with Crippen LogP contribution in [0.2, 0.25) is 0 Å². The minimum absolute atomic E-state index is 0.0158. The normalized spacial score (nSPS) is 21.6. The second kappa shape index (κ2) is 10.5. The average molecular weight is 536 g/mol. The molecule has 2 amide bonds. The van der Waals surface area contributed by atoms with E-state index in [-0.39, 0.29) is 42.0 Å². The van der Waals surface area contributed by atoms with Crippen molar-refractivity contribution < 1.29 is 28.2 Å². The number of likely N-dealkylation sites (tertiary alicyclic amines) is 1. The highest BCUT2D eigenvalue weighted by Gasteiger charge is 2.48. The van der Waals surface area contributed by atoms with Gasteiger partial charge in [-0.25, -0.2) is 8.78 Å². The van der Waals surface area contributed by atoms with E-state index < -0.39 is 31.1 Å². The van der Waals surface area contributed by atoms with E-state index in [1.165, 1.54) is 6.07 Å². The molecular weight excluding hydrogens is 508 g/mol. The number of nitriles is 1. The number of alkyl halides is 2. The minimum Gasteiger partial charge on any atom is -0.483 e. The molecule has 1 aliphatic carbocycles. The van der Waals surface area contributed by atoms with Crippen LogP contribution in [0.4, 0.5) is 14.5 Å². The molecule has 39 heavy (non-hydrogen) atoms. The summed E-state index contributed by atoms with van der Waals surface area (Å²) in [5.41, 5.74) is 3.13. The standard InChI is InChI=1S/C28H27F2N5O4/c1-34-14-20(13-32-34)22-11-23(22)27(38)33-21-4-2-3-17(10-21)18-5-6-24(19(9-18)12-31)39-25-7-8-35(26(37)15-36)16-28(25,29)30/h2-6,9-10,13-14,22-23,25,36H,7-8,11,15-16H2,1H3,(H,33,38)/t22-,23+,25-/m0/s1. The lowest BCUT2D eigenvalue weighted by Gasteiger charge is -2.38. The van der Waals surface area contributed by atoms with Crippen LogP contribution in [-0.2, 0) is 16.6 Å². The molecule has 1 saturated carbocycles. The van der Waals surface area contributed by atoms with E-state index in [2.05, 4.69) is 10.4 Å². The molecule has 1 saturated heterocycles. The number of hydrogen-bond donors (Lipinski definition) is 2. The number of aryl methyl sites for hydroxylation is 1. The van der Waals surface area contributed by atoms with Crippen LogP contribution in [-0.4, -0.2) is 63.3 Å². The Hall–Kier alpha value is -4.30. The van der Waals surface area contributed by atoms with E-state index in [0.717, 1.165) is 22.4 Å². The Morgan fingerprint density at radius 3 is 2.74 bits per heavy atom. The van der Waals surface area contributed by atoms with Gasteiger partial charge in [-0.05, 0) is 53.3 Å². The number of amides is 2. The Labute approximate surface area is 223 Å². The summed E-state index contributed by atoms with van der Waals surface area (Å²) in [7, 11) is 1.84. The predicted octanol–water partition coefficient (Wildman–Crippen LogP) is 3.31. The zero-order valence-corrected chi connectivity index (χ0v) is 21.2. The number of carbonyl (C=O) groups excluding carboxylic acids is 2. The van der Waals surface area contributed by atoms with Crippen LogP contribution in [0.25, 0.3) is 11.1 Å². The largest absolute Gasteiger partial charge is 0.483 e. The number of carbonyl (C=O) groups is 2. The monoisotopic (exact) mass is 535 g/mol. The number of aromatic nitrogens is 2. The molecule has 2 aliphatic rings. The highest BCUT2D eigenvalue weighted by Crippen LogP contribution is 2.48. The van der Waals surface area contributed by atoms with E-state index in [4.69, 9.17) is 9.84 Å². The lowest BCUT2D eigenvalue weighted by atomic mass is 10.0. The van der Waals surface area contributed by atoms with Crippen LogP contribution in [0.5, 0.6) is 5.75 Å². The maximum Gasteiger partial charge on any atom is 0.301 e. The van der Waals surface area contributed by atoms with Crippen molar-refractivity contribution in [2.75, 3.05) is 25.0 Å². The molecule has 2 heterocycles. The zero-order chi connectivity index (χ0) is 27.7. The van der Waals surface area contributed by atoms with Crippen molar-refractivity contribution >= 4 is 17.5 Å². The van der Waals surface area contributed by atoms with Gasteiger partial charge in [0.1, 0.15) is 18.4 Å². The Kier molecular flexibility index (Phi) is 7.06. The first kappa shape index (κ1) is 26.3. The number of halogens is 2. The number of hydrogen-bond acceptors (Lipinski definition) is 6. The highest BCUT2D eigenvalue weighted by molar-refractivity contribution is 5.95. The number of anilines is 1. The van der Waals surface area contributed by atoms with Gasteiger partial charge in [0.15, 0.2) is 6.10 Å². The lowest BCUT2D eigenvalue weighted by molar-refractivity contribution is -0.161. The molecule has 1 aliphatic heterocycles. The van der Waals surface area contributed by atoms with Gasteiger partial charge in [0.05, 0.1) is 18.3 Å². The van der Waals surface area contributed by atoms with Gasteiger partial charge in [-0.15, -0.1) is 0 Å². The number of aliphatic hydroxyl groups excluding tert-OH is 1. The van der Waals surface area contributed by atoms with Gasteiger partial charge in [0.2, 0.25) is 11.8 Å². The van der Waals surface area contributed by atoms with Crippen LogP contribution in [0.3, 0.4) is 0 Å². The lowest BCUT2D eigenvalue weighted by Crippen LogP contribution is -2.55. The number of aliphatic hydroxyl groups is 1. The predicted molar refractivity (Wildman–Crippen MR) is 137 cm³/mol. The van der Waals surface area contributed by atoms with Crippen molar-refractivity contribution in [2.45, 2.75) is 30.8 Å². The average Bonchev–Trinajstić information content (AvgIpc) is 3.62. The number of nitrogens with zero attached hydrogens (tertiary/aromatic N) is 4. The van der Waals surface area contributed by atoms with Crippen molar-refractivity contribution in [3.63, 3.8) is 0 Å². The van der Waals surface area contributed by atoms with Gasteiger partial charge in [-0.3, -0.25) is 14.3 Å². The summed E-state index contributed by atoms with van der Waals surface area (Å²) in [5.74, 6) is -4.13. The van der Waals surface area contributed by atoms with Crippen LogP contribution >= 0.6 is 0 Å². The van der Waals surface area contributed by atoms with Crippen molar-refractivity contribution in [3.8, 4) is 22.9 Å². The highest BCUT2D eigenvalue weighted by atomic mass is 19.3. The third-order valence-electron chi connectivity index (χ3n) is 7.13. The van der Waals surface area contributed by atoms with Crippen molar-refractivity contribution in [2.24, 2.45) is 13.0 Å². The molecule has 9 nitrogen and oxygen atoms in total. The fraction of sp³-hybridized carbons (Fsp3) is 0.357. The maximum atomic E-state index is 14.7. The van der Waals surface area contributed by atoms with Crippen LogP contribution in [0.1, 0.15) is 29.9 Å². The molecule has 1 aromatic heterocycles. The van der Waals surface area contributed by atoms with Gasteiger partial charge in [0, 0.05) is 37.8 Å². The molecule has 0 radical (unpaired) electrons. The van der Waals surface area contributed by atoms with Crippen LogP contribution in [0, 0.1) is 17.2 Å². The van der Waals surface area contributed by atoms with Gasteiger partial charge in [-0.1, -0.05) is 18.2 Å². The number of benzene rings is 2. The zero-order valence-electron chi connectivity index (χ0n) is 21.2. The summed E-state index contributed by atoms with van der Waals surface area (Å²) < 4.78 is 36.7. The van der Waals surface area contributed by atoms with E-state index in [1.54, 1.807) is 41.2 Å². The van der Waals surface area contributed by atoms with E-state index in [9.17, 15) is 23.6 Å². The second-order valence-corrected chi connectivity index (χ2v) is 9.92. The fourth-order valence-electron chi connectivity index (χ4n) is 4.93. The molecule has 11 heteroatoms. The van der Waals surface area contributed by atoms with Crippen molar-refractivity contribution in [1.82, 2.24) is 14.7 Å². The molecule has 2 N–H and O–H groups in total. The molecule has 2 fully saturated rings. The van der Waals surface area contributed by atoms with Gasteiger partial charge < -0.3 is 20.1 Å². The fourth-order valence-corrected chi connectivity index (χ4v) is 4.93. The van der Waals surface area contributed by atoms with E-state index in [0.29, 0.717) is 11.3 Å². The molecule has 0 spiro atoms. The molecule has 2 aromatic carbocycles. The van der Waals surface area contributed by atoms with Gasteiger partial charge in [-0.2, -0.15) is 10.4 Å². The van der Waals surface area contributed by atoms with Crippen LogP contribution in [0.15, 0.2) is 54.9 Å². The van der Waals surface area contributed by atoms with E-state index in [1.807, 2.05) is 25.4 Å². The molecule has 0 bridgehead atoms. The van der Waals surface area contributed by atoms with Crippen molar-refractivity contribution in [3.05, 3.63) is 66.0 Å². The van der Waals surface area contributed by atoms with Gasteiger partial charge in [0.25, 0.3) is 0 Å². The van der Waals surface area contributed by atoms with Gasteiger partial charge >= 0.3 is 5.92 Å². The molecular formula is C28H27F2N5O4. The second-order valence-electron chi connectivity index (χ2n) is 9.92. The summed E-state index contributed by atoms with van der Waals surface area (Å²) in [4.78, 5) is 25.3. The minimum atomic E-state index is -3.35. The Bertz CT molecular complexity index is 1450. The summed E-state index contributed by atoms with van der Waals surface area (Å²) in [6, 6.07) is 13.9. The summed E-state index contributed by atoms with van der Waals surface area (Å²) in [5, 5.41) is 25.8. The summed E-state index contributed by atoms with van der Waals surface area (Å²) >= 11 is 0. The topological polar surface area (TPSA) is 120 Å². The van der Waals surface area contributed by atoms with E-state index >= 15 is 0 Å². The molecule has 3 atom stereocenters. The molecule has 3 aromatic rings. The summed E-state index contributed by atoms with van der Waals surface area (Å²) in [6.07, 6.45) is 2.80. The Morgan fingerprint density at radius 2 is 2.05 bits per heavy atom. The number of rotatable bonds is 7. The Balaban J connectivity index is 1.27. The first-order valence-corrected chi connectivity index (χ1v) is 12.6. The third kappa shape index (κ3) is 5.61. The first-order chi connectivity index (χ1) is 18.7. The molecule has 0 unspecified atom stereocenters. The van der Waals surface area contributed by atoms with Crippen molar-refractivity contribution in [1.29, 1.82) is 5.26 Å². The smallest absolute Gasteiger partial charge is 0.301 e. The maximum absolute atomic E-state index is 14.7. The molecule has 5 rings (SSSR count). The molecule has 202 valence electrons. The number of nitrogens with one attached hydrogen (secondary N) is 1. The van der Waals surface area contributed by atoms with Crippen LogP contribution < -0.4 is 10.1 Å².